The van der Waals surface area contributed by atoms with E-state index in [1.807, 2.05) is 0 Å². The highest BCUT2D eigenvalue weighted by molar-refractivity contribution is 7.65. The Hall–Kier alpha value is 1.05. The zero-order valence-corrected chi connectivity index (χ0v) is 7.63. The molecule has 0 saturated heterocycles. The maximum absolute atomic E-state index is 8.86. The normalized spacial score (nSPS) is 16.1. The third kappa shape index (κ3) is 3.15. The molecule has 0 rings (SSSR count). The first kappa shape index (κ1) is 9.05. The summed E-state index contributed by atoms with van der Waals surface area (Å²) in [5.41, 5.74) is -0.715. The van der Waals surface area contributed by atoms with Crippen LogP contribution in [0.15, 0.2) is 0 Å². The van der Waals surface area contributed by atoms with Crippen LogP contribution in [0, 0.1) is 0 Å². The van der Waals surface area contributed by atoms with Crippen LogP contribution in [0.3, 0.4) is 0 Å². The first-order valence-electron chi connectivity index (χ1n) is 2.23. The lowest BCUT2D eigenvalue weighted by Gasteiger charge is -2.12. The molecule has 0 radical (unpaired) electrons. The highest BCUT2D eigenvalue weighted by Crippen LogP contribution is 2.25. The summed E-state index contributed by atoms with van der Waals surface area (Å²) in [6.07, 6.45) is 0.517. The summed E-state index contributed by atoms with van der Waals surface area (Å²) in [4.78, 5) is 0. The number of aliphatic hydroxyl groups excluding tert-OH is 1. The number of rotatable bonds is 2. The fourth-order valence-electron chi connectivity index (χ4n) is 0.231. The van der Waals surface area contributed by atoms with Gasteiger partial charge in [-0.25, -0.2) is 0 Å². The molecule has 0 amide bonds. The summed E-state index contributed by atoms with van der Waals surface area (Å²) in [6.45, 7) is 1.78. The van der Waals surface area contributed by atoms with Gasteiger partial charge in [-0.2, -0.15) is 0 Å². The second kappa shape index (κ2) is 3.27. The highest BCUT2D eigenvalue weighted by atomic mass is 35.8. The summed E-state index contributed by atoms with van der Waals surface area (Å²) in [5.74, 6) is 0. The molecule has 8 heavy (non-hydrogen) atoms. The van der Waals surface area contributed by atoms with Crippen LogP contribution >= 0.6 is 33.2 Å². The van der Waals surface area contributed by atoms with E-state index < -0.39 is 11.7 Å². The largest absolute Gasteiger partial charge is 0.392 e. The van der Waals surface area contributed by atoms with Gasteiger partial charge in [0, 0.05) is 0 Å². The van der Waals surface area contributed by atoms with Crippen LogP contribution in [0.1, 0.15) is 13.3 Å². The van der Waals surface area contributed by atoms with Crippen molar-refractivity contribution >= 4 is 39.2 Å². The van der Waals surface area contributed by atoms with E-state index in [9.17, 15) is 0 Å². The molecule has 0 heterocycles. The summed E-state index contributed by atoms with van der Waals surface area (Å²) in [6, 6.07) is -2.79. The number of hydrogen-bond acceptors (Lipinski definition) is 1. The van der Waals surface area contributed by atoms with Crippen molar-refractivity contribution in [3.8, 4) is 0 Å². The number of hydrogen-bond donors (Lipinski definition) is 1. The van der Waals surface area contributed by atoms with Gasteiger partial charge in [0.2, 0.25) is 0 Å². The van der Waals surface area contributed by atoms with Crippen LogP contribution in [0.2, 0.25) is 0 Å². The Morgan fingerprint density at radius 2 is 1.88 bits per heavy atom. The molecule has 1 nitrogen and oxygen atoms in total. The molecule has 50 valence electrons. The predicted molar refractivity (Wildman–Crippen MR) is 39.6 cm³/mol. The molecule has 0 aliphatic rings. The molecular formula is C3H7Cl3OSi. The fraction of sp³-hybridized carbons (Fsp3) is 1.00. The Morgan fingerprint density at radius 3 is 1.88 bits per heavy atom. The molecule has 0 aliphatic carbocycles. The van der Waals surface area contributed by atoms with Gasteiger partial charge in [0.05, 0.1) is 5.73 Å². The van der Waals surface area contributed by atoms with Crippen LogP contribution in [0.4, 0.5) is 0 Å². The zero-order chi connectivity index (χ0) is 6.78. The van der Waals surface area contributed by atoms with E-state index in [2.05, 4.69) is 0 Å². The molecule has 0 aromatic rings. The number of halogens is 3. The van der Waals surface area contributed by atoms with E-state index in [1.54, 1.807) is 6.92 Å². The Kier molecular flexibility index (Phi) is 3.70. The maximum atomic E-state index is 8.86. The van der Waals surface area contributed by atoms with Crippen LogP contribution in [0.25, 0.3) is 0 Å². The van der Waals surface area contributed by atoms with Crippen LogP contribution in [0.5, 0.6) is 0 Å². The van der Waals surface area contributed by atoms with Gasteiger partial charge in [0.25, 0.3) is 0 Å². The zero-order valence-electron chi connectivity index (χ0n) is 4.37. The molecule has 0 aromatic heterocycles. The van der Waals surface area contributed by atoms with Crippen molar-refractivity contribution in [1.29, 1.82) is 0 Å². The third-order valence-corrected chi connectivity index (χ3v) is 4.20. The van der Waals surface area contributed by atoms with Crippen molar-refractivity contribution < 1.29 is 5.11 Å². The summed E-state index contributed by atoms with van der Waals surface area (Å²) >= 11 is 16.2. The summed E-state index contributed by atoms with van der Waals surface area (Å²) in [7, 11) is 0. The van der Waals surface area contributed by atoms with E-state index >= 15 is 0 Å². The molecule has 0 saturated carbocycles. The lowest BCUT2D eigenvalue weighted by Crippen LogP contribution is -2.29. The highest BCUT2D eigenvalue weighted by Gasteiger charge is 2.33. The first-order chi connectivity index (χ1) is 3.48. The van der Waals surface area contributed by atoms with Gasteiger partial charge in [-0.1, -0.05) is 6.92 Å². The van der Waals surface area contributed by atoms with Gasteiger partial charge in [0.15, 0.2) is 0 Å². The minimum Gasteiger partial charge on any atom is -0.392 e. The molecule has 0 aliphatic heterocycles. The van der Waals surface area contributed by atoms with Crippen LogP contribution < -0.4 is 0 Å². The Morgan fingerprint density at radius 1 is 1.50 bits per heavy atom. The summed E-state index contributed by atoms with van der Waals surface area (Å²) in [5, 5.41) is 8.86. The maximum Gasteiger partial charge on any atom is 0.368 e. The second-order valence-electron chi connectivity index (χ2n) is 1.47. The Balaban J connectivity index is 3.62. The van der Waals surface area contributed by atoms with Crippen molar-refractivity contribution in [3.05, 3.63) is 0 Å². The van der Waals surface area contributed by atoms with E-state index in [1.165, 1.54) is 0 Å². The van der Waals surface area contributed by atoms with Gasteiger partial charge in [0.1, 0.15) is 0 Å². The molecule has 0 aromatic carbocycles. The minimum absolute atomic E-state index is 0.517. The summed E-state index contributed by atoms with van der Waals surface area (Å²) < 4.78 is 0. The fourth-order valence-corrected chi connectivity index (χ4v) is 2.08. The third-order valence-electron chi connectivity index (χ3n) is 0.765. The van der Waals surface area contributed by atoms with Crippen LogP contribution in [-0.4, -0.2) is 16.8 Å². The van der Waals surface area contributed by atoms with Gasteiger partial charge in [-0.05, 0) is 6.42 Å². The van der Waals surface area contributed by atoms with Crippen molar-refractivity contribution in [1.82, 2.24) is 0 Å². The van der Waals surface area contributed by atoms with Gasteiger partial charge >= 0.3 is 6.00 Å². The van der Waals surface area contributed by atoms with Crippen molar-refractivity contribution in [3.63, 3.8) is 0 Å². The van der Waals surface area contributed by atoms with Gasteiger partial charge < -0.3 is 5.11 Å². The average molecular weight is 194 g/mol. The second-order valence-corrected chi connectivity index (χ2v) is 10.3. The topological polar surface area (TPSA) is 20.2 Å². The van der Waals surface area contributed by atoms with Crippen molar-refractivity contribution in [2.45, 2.75) is 19.1 Å². The molecule has 0 spiro atoms. The molecule has 1 N–H and O–H groups in total. The monoisotopic (exact) mass is 192 g/mol. The predicted octanol–water partition coefficient (Wildman–Crippen LogP) is 1.95. The molecule has 0 fully saturated rings. The molecular weight excluding hydrogens is 186 g/mol. The van der Waals surface area contributed by atoms with Gasteiger partial charge in [-0.15, -0.1) is 33.2 Å². The molecule has 5 heteroatoms. The van der Waals surface area contributed by atoms with Gasteiger partial charge in [-0.3, -0.25) is 0 Å². The Bertz CT molecular complexity index is 71.4. The van der Waals surface area contributed by atoms with Crippen LogP contribution in [-0.2, 0) is 0 Å². The quantitative estimate of drug-likeness (QED) is 0.525. The van der Waals surface area contributed by atoms with E-state index in [-0.39, 0.29) is 0 Å². The SMILES string of the molecule is CCC(O)[Si](Cl)(Cl)Cl. The molecule has 1 atom stereocenters. The lowest BCUT2D eigenvalue weighted by atomic mass is 10.5. The Labute approximate surface area is 63.7 Å². The lowest BCUT2D eigenvalue weighted by molar-refractivity contribution is 0.247. The van der Waals surface area contributed by atoms with Crippen molar-refractivity contribution in [2.24, 2.45) is 0 Å². The van der Waals surface area contributed by atoms with Crippen molar-refractivity contribution in [2.75, 3.05) is 0 Å². The van der Waals surface area contributed by atoms with E-state index in [4.69, 9.17) is 38.3 Å². The first-order valence-corrected chi connectivity index (χ1v) is 7.34. The molecule has 0 bridgehead atoms. The smallest absolute Gasteiger partial charge is 0.368 e. The van der Waals surface area contributed by atoms with E-state index in [0.717, 1.165) is 0 Å². The van der Waals surface area contributed by atoms with E-state index in [0.29, 0.717) is 6.42 Å². The standard InChI is InChI=1S/C3H7Cl3OSi/c1-2-3(7)8(4,5)6/h3,7H,2H2,1H3. The molecule has 1 unspecified atom stereocenters. The minimum atomic E-state index is -2.79. The number of aliphatic hydroxyl groups is 1. The average Bonchev–Trinajstić information content (AvgIpc) is 1.62.